The van der Waals surface area contributed by atoms with Crippen molar-refractivity contribution in [1.82, 2.24) is 0 Å². The molecule has 3 aromatic carbocycles. The zero-order chi connectivity index (χ0) is 16.4. The largest absolute Gasteiger partial charge is 0.469 e. The number of carbonyl (C=O) groups is 1. The first-order valence-corrected chi connectivity index (χ1v) is 8.16. The quantitative estimate of drug-likeness (QED) is 0.506. The summed E-state index contributed by atoms with van der Waals surface area (Å²) in [6.45, 7) is 4.12. The van der Waals surface area contributed by atoms with E-state index in [0.717, 1.165) is 6.42 Å². The maximum absolute atomic E-state index is 11.9. The summed E-state index contributed by atoms with van der Waals surface area (Å²) in [4.78, 5) is 11.9. The van der Waals surface area contributed by atoms with Crippen molar-refractivity contribution in [2.75, 3.05) is 7.11 Å². The molecule has 2 heteroatoms. The number of aryl methyl sites for hydroxylation is 1. The van der Waals surface area contributed by atoms with Gasteiger partial charge in [0.25, 0.3) is 0 Å². The third kappa shape index (κ3) is 2.70. The van der Waals surface area contributed by atoms with Gasteiger partial charge in [-0.2, -0.15) is 0 Å². The molecular weight excluding hydrogens is 284 g/mol. The topological polar surface area (TPSA) is 26.3 Å². The molecule has 0 saturated carbocycles. The van der Waals surface area contributed by atoms with Gasteiger partial charge in [-0.25, -0.2) is 0 Å². The highest BCUT2D eigenvalue weighted by Gasteiger charge is 2.19. The van der Waals surface area contributed by atoms with Crippen molar-refractivity contribution in [3.8, 4) is 0 Å². The van der Waals surface area contributed by atoms with Gasteiger partial charge in [-0.1, -0.05) is 62.4 Å². The molecule has 0 aromatic heterocycles. The van der Waals surface area contributed by atoms with Crippen LogP contribution in [-0.2, 0) is 22.4 Å². The van der Waals surface area contributed by atoms with Crippen molar-refractivity contribution >= 4 is 27.5 Å². The Kier molecular flexibility index (Phi) is 4.33. The molecule has 0 spiro atoms. The normalized spacial score (nSPS) is 12.5. The average molecular weight is 306 g/mol. The molecule has 1 unspecified atom stereocenters. The first-order valence-electron chi connectivity index (χ1n) is 8.16. The van der Waals surface area contributed by atoms with E-state index in [1.54, 1.807) is 0 Å². The predicted molar refractivity (Wildman–Crippen MR) is 95.7 cm³/mol. The van der Waals surface area contributed by atoms with Gasteiger partial charge in [-0.05, 0) is 45.5 Å². The van der Waals surface area contributed by atoms with Gasteiger partial charge >= 0.3 is 5.97 Å². The summed E-state index contributed by atoms with van der Waals surface area (Å²) >= 11 is 0. The van der Waals surface area contributed by atoms with Gasteiger partial charge in [0, 0.05) is 0 Å². The number of ether oxygens (including phenoxy) is 1. The van der Waals surface area contributed by atoms with E-state index in [2.05, 4.69) is 55.5 Å². The number of methoxy groups -OCH3 is 1. The number of rotatable bonds is 4. The van der Waals surface area contributed by atoms with E-state index in [4.69, 9.17) is 4.74 Å². The molecule has 0 aliphatic carbocycles. The minimum atomic E-state index is -0.149. The highest BCUT2D eigenvalue weighted by molar-refractivity contribution is 6.10. The number of carbonyl (C=O) groups excluding carboxylic acids is 1. The minimum absolute atomic E-state index is 0.144. The third-order valence-corrected chi connectivity index (χ3v) is 4.63. The van der Waals surface area contributed by atoms with Gasteiger partial charge in [0.2, 0.25) is 0 Å². The SMILES string of the molecule is CCc1c(CC(C)C(=O)OC)c2ccccc2c2ccccc12. The molecule has 0 heterocycles. The predicted octanol–water partition coefficient (Wildman–Crippen LogP) is 4.91. The highest BCUT2D eigenvalue weighted by atomic mass is 16.5. The Bertz CT molecular complexity index is 864. The van der Waals surface area contributed by atoms with Crippen LogP contribution in [0.5, 0.6) is 0 Å². The molecule has 1 atom stereocenters. The van der Waals surface area contributed by atoms with Crippen LogP contribution in [0.2, 0.25) is 0 Å². The number of hydrogen-bond acceptors (Lipinski definition) is 2. The van der Waals surface area contributed by atoms with Crippen molar-refractivity contribution in [2.24, 2.45) is 5.92 Å². The van der Waals surface area contributed by atoms with Gasteiger partial charge in [0.05, 0.1) is 13.0 Å². The zero-order valence-electron chi connectivity index (χ0n) is 13.9. The average Bonchev–Trinajstić information content (AvgIpc) is 2.61. The Labute approximate surface area is 137 Å². The minimum Gasteiger partial charge on any atom is -0.469 e. The summed E-state index contributed by atoms with van der Waals surface area (Å²) in [5, 5.41) is 5.08. The fourth-order valence-corrected chi connectivity index (χ4v) is 3.52. The summed E-state index contributed by atoms with van der Waals surface area (Å²) in [7, 11) is 1.46. The first kappa shape index (κ1) is 15.5. The molecular formula is C21H22O2. The van der Waals surface area contributed by atoms with Crippen LogP contribution in [0.3, 0.4) is 0 Å². The summed E-state index contributed by atoms with van der Waals surface area (Å²) in [5.41, 5.74) is 2.62. The lowest BCUT2D eigenvalue weighted by atomic mass is 9.86. The number of esters is 1. The van der Waals surface area contributed by atoms with Crippen LogP contribution >= 0.6 is 0 Å². The maximum atomic E-state index is 11.9. The molecule has 3 rings (SSSR count). The van der Waals surface area contributed by atoms with E-state index in [0.29, 0.717) is 6.42 Å². The van der Waals surface area contributed by atoms with Crippen molar-refractivity contribution < 1.29 is 9.53 Å². The molecule has 0 bridgehead atoms. The fraction of sp³-hybridized carbons (Fsp3) is 0.286. The summed E-state index contributed by atoms with van der Waals surface area (Å²) in [5.74, 6) is -0.292. The number of benzene rings is 3. The Balaban J connectivity index is 2.31. The van der Waals surface area contributed by atoms with Crippen LogP contribution in [0.4, 0.5) is 0 Å². The third-order valence-electron chi connectivity index (χ3n) is 4.63. The van der Waals surface area contributed by atoms with Crippen LogP contribution in [0.25, 0.3) is 21.5 Å². The zero-order valence-corrected chi connectivity index (χ0v) is 13.9. The molecule has 0 aliphatic rings. The van der Waals surface area contributed by atoms with Gasteiger partial charge in [-0.15, -0.1) is 0 Å². The number of fused-ring (bicyclic) bond motifs is 3. The molecule has 3 aromatic rings. The van der Waals surface area contributed by atoms with Crippen LogP contribution in [0, 0.1) is 5.92 Å². The van der Waals surface area contributed by atoms with E-state index in [9.17, 15) is 4.79 Å². The summed E-state index contributed by atoms with van der Waals surface area (Å²) in [6, 6.07) is 17.0. The van der Waals surface area contributed by atoms with E-state index >= 15 is 0 Å². The van der Waals surface area contributed by atoms with Crippen molar-refractivity contribution in [3.63, 3.8) is 0 Å². The summed E-state index contributed by atoms with van der Waals surface area (Å²) in [6.07, 6.45) is 1.66. The maximum Gasteiger partial charge on any atom is 0.308 e. The molecule has 0 saturated heterocycles. The molecule has 0 fully saturated rings. The van der Waals surface area contributed by atoms with E-state index in [1.165, 1.54) is 39.8 Å². The molecule has 0 radical (unpaired) electrons. The van der Waals surface area contributed by atoms with Crippen LogP contribution in [0.1, 0.15) is 25.0 Å². The Morgan fingerprint density at radius 2 is 1.39 bits per heavy atom. The van der Waals surface area contributed by atoms with Gasteiger partial charge in [0.1, 0.15) is 0 Å². The van der Waals surface area contributed by atoms with Crippen LogP contribution in [-0.4, -0.2) is 13.1 Å². The van der Waals surface area contributed by atoms with E-state index in [1.807, 2.05) is 6.92 Å². The van der Waals surface area contributed by atoms with Crippen molar-refractivity contribution in [2.45, 2.75) is 26.7 Å². The monoisotopic (exact) mass is 306 g/mol. The molecule has 118 valence electrons. The lowest BCUT2D eigenvalue weighted by Crippen LogP contribution is -2.16. The Hall–Kier alpha value is -2.35. The summed E-state index contributed by atoms with van der Waals surface area (Å²) < 4.78 is 4.92. The fourth-order valence-electron chi connectivity index (χ4n) is 3.52. The van der Waals surface area contributed by atoms with Crippen molar-refractivity contribution in [1.29, 1.82) is 0 Å². The second-order valence-electron chi connectivity index (χ2n) is 6.03. The molecule has 23 heavy (non-hydrogen) atoms. The second-order valence-corrected chi connectivity index (χ2v) is 6.03. The van der Waals surface area contributed by atoms with Crippen LogP contribution in [0.15, 0.2) is 48.5 Å². The molecule has 0 amide bonds. The molecule has 0 N–H and O–H groups in total. The molecule has 0 aliphatic heterocycles. The van der Waals surface area contributed by atoms with Crippen molar-refractivity contribution in [3.05, 3.63) is 59.7 Å². The lowest BCUT2D eigenvalue weighted by Gasteiger charge is -2.18. The Morgan fingerprint density at radius 1 is 0.913 bits per heavy atom. The van der Waals surface area contributed by atoms with Crippen LogP contribution < -0.4 is 0 Å². The van der Waals surface area contributed by atoms with Gasteiger partial charge < -0.3 is 4.74 Å². The smallest absolute Gasteiger partial charge is 0.308 e. The Morgan fingerprint density at radius 3 is 1.87 bits per heavy atom. The highest BCUT2D eigenvalue weighted by Crippen LogP contribution is 2.34. The van der Waals surface area contributed by atoms with E-state index < -0.39 is 0 Å². The number of hydrogen-bond donors (Lipinski definition) is 0. The lowest BCUT2D eigenvalue weighted by molar-refractivity contribution is -0.144. The van der Waals surface area contributed by atoms with Gasteiger partial charge in [-0.3, -0.25) is 4.79 Å². The standard InChI is InChI=1S/C21H22O2/c1-4-15-16-9-5-6-10-17(16)18-11-7-8-12-19(18)20(15)13-14(2)21(22)23-3/h5-12,14H,4,13H2,1-3H3. The van der Waals surface area contributed by atoms with Gasteiger partial charge in [0.15, 0.2) is 0 Å². The first-order chi connectivity index (χ1) is 11.2. The van der Waals surface area contributed by atoms with E-state index in [-0.39, 0.29) is 11.9 Å². The molecule has 2 nitrogen and oxygen atoms in total. The second kappa shape index (κ2) is 6.41.